The van der Waals surface area contributed by atoms with Gasteiger partial charge in [0.25, 0.3) is 0 Å². The lowest BCUT2D eigenvalue weighted by molar-refractivity contribution is -0.153. The Hall–Kier alpha value is -2.80. The van der Waals surface area contributed by atoms with E-state index >= 15 is 0 Å². The molecule has 0 radical (unpaired) electrons. The molecule has 0 amide bonds. The zero-order valence-corrected chi connectivity index (χ0v) is 19.0. The van der Waals surface area contributed by atoms with Crippen LogP contribution >= 0.6 is 0 Å². The topological polar surface area (TPSA) is 81.9 Å². The number of carbonyl (C=O) groups is 1. The number of carbonyl (C=O) groups excluding carboxylic acids is 1. The molecule has 4 rings (SSSR count). The molecule has 7 nitrogen and oxygen atoms in total. The second-order valence-corrected chi connectivity index (χ2v) is 8.81. The summed E-state index contributed by atoms with van der Waals surface area (Å²) in [5, 5.41) is 3.32. The third-order valence-electron chi connectivity index (χ3n) is 6.21. The van der Waals surface area contributed by atoms with E-state index in [4.69, 9.17) is 9.72 Å². The number of aryl methyl sites for hydroxylation is 1. The summed E-state index contributed by atoms with van der Waals surface area (Å²) < 4.78 is 8.13. The van der Waals surface area contributed by atoms with Crippen molar-refractivity contribution in [1.82, 2.24) is 24.8 Å². The van der Waals surface area contributed by atoms with Gasteiger partial charge in [0.05, 0.1) is 6.20 Å². The molecule has 1 aliphatic rings. The predicted octanol–water partition coefficient (Wildman–Crippen LogP) is 4.37. The van der Waals surface area contributed by atoms with Crippen LogP contribution in [0.4, 0.5) is 0 Å². The van der Waals surface area contributed by atoms with E-state index in [2.05, 4.69) is 45.8 Å². The first-order valence-corrected chi connectivity index (χ1v) is 11.8. The van der Waals surface area contributed by atoms with E-state index in [1.807, 2.05) is 24.4 Å². The van der Waals surface area contributed by atoms with Gasteiger partial charge in [0.15, 0.2) is 5.65 Å². The average molecular weight is 436 g/mol. The monoisotopic (exact) mass is 435 g/mol. The van der Waals surface area contributed by atoms with E-state index < -0.39 is 0 Å². The minimum Gasteiger partial charge on any atom is -0.461 e. The van der Waals surface area contributed by atoms with E-state index in [0.29, 0.717) is 11.6 Å². The van der Waals surface area contributed by atoms with Gasteiger partial charge < -0.3 is 14.6 Å². The second kappa shape index (κ2) is 10.7. The van der Waals surface area contributed by atoms with Crippen molar-refractivity contribution in [3.05, 3.63) is 42.9 Å². The zero-order valence-electron chi connectivity index (χ0n) is 19.0. The highest BCUT2D eigenvalue weighted by atomic mass is 16.5. The number of hydrogen-bond donors (Lipinski definition) is 1. The first-order chi connectivity index (χ1) is 15.7. The van der Waals surface area contributed by atoms with Gasteiger partial charge in [-0.05, 0) is 44.6 Å². The summed E-state index contributed by atoms with van der Waals surface area (Å²) in [6.45, 7) is 5.99. The Bertz CT molecular complexity index is 1020. The lowest BCUT2D eigenvalue weighted by atomic mass is 9.94. The van der Waals surface area contributed by atoms with Gasteiger partial charge in [-0.1, -0.05) is 50.6 Å². The molecule has 1 saturated heterocycles. The van der Waals surface area contributed by atoms with Crippen LogP contribution in [-0.4, -0.2) is 44.2 Å². The molecule has 2 aromatic heterocycles. The normalized spacial score (nSPS) is 19.7. The third kappa shape index (κ3) is 5.33. The molecule has 32 heavy (non-hydrogen) atoms. The molecule has 3 aromatic rings. The number of nitrogens with one attached hydrogen (secondary N) is 1. The highest BCUT2D eigenvalue weighted by Crippen LogP contribution is 2.24. The van der Waals surface area contributed by atoms with E-state index in [9.17, 15) is 4.79 Å². The smallest absolute Gasteiger partial charge is 0.323 e. The lowest BCUT2D eigenvalue weighted by Gasteiger charge is -2.28. The minimum atomic E-state index is -0.169. The molecule has 0 spiro atoms. The summed E-state index contributed by atoms with van der Waals surface area (Å²) in [6, 6.07) is 9.98. The van der Waals surface area contributed by atoms with Crippen LogP contribution < -0.4 is 5.32 Å². The molecule has 1 aliphatic heterocycles. The fourth-order valence-corrected chi connectivity index (χ4v) is 4.50. The second-order valence-electron chi connectivity index (χ2n) is 8.81. The summed E-state index contributed by atoms with van der Waals surface area (Å²) in [6.07, 6.45) is 8.85. The molecular weight excluding hydrogens is 402 g/mol. The maximum absolute atomic E-state index is 12.7. The molecule has 0 saturated carbocycles. The van der Waals surface area contributed by atoms with Crippen LogP contribution in [0.3, 0.4) is 0 Å². The molecular formula is C25H33N5O2. The summed E-state index contributed by atoms with van der Waals surface area (Å²) in [7, 11) is 0. The fraction of sp³-hybridized carbons (Fsp3) is 0.520. The van der Waals surface area contributed by atoms with E-state index in [1.165, 1.54) is 6.33 Å². The SMILES string of the molecule is CCCC(CCCn1c(-c2ccccc2)nc2ncncc21)OC(=O)[C@@H]1CC(C)CCN1. The number of hydrogen-bond acceptors (Lipinski definition) is 6. The Labute approximate surface area is 189 Å². The van der Waals surface area contributed by atoms with Crippen molar-refractivity contribution in [2.75, 3.05) is 6.54 Å². The zero-order chi connectivity index (χ0) is 22.3. The van der Waals surface area contributed by atoms with Gasteiger partial charge in [-0.25, -0.2) is 15.0 Å². The van der Waals surface area contributed by atoms with Crippen LogP contribution in [0.1, 0.15) is 52.4 Å². The largest absolute Gasteiger partial charge is 0.461 e. The van der Waals surface area contributed by atoms with E-state index in [0.717, 1.165) is 68.5 Å². The maximum atomic E-state index is 12.7. The predicted molar refractivity (Wildman–Crippen MR) is 125 cm³/mol. The average Bonchev–Trinajstić information content (AvgIpc) is 3.18. The van der Waals surface area contributed by atoms with Crippen molar-refractivity contribution >= 4 is 17.1 Å². The Morgan fingerprint density at radius 2 is 2.12 bits per heavy atom. The Balaban J connectivity index is 1.43. The number of ether oxygens (including phenoxy) is 1. The Kier molecular flexibility index (Phi) is 7.47. The molecule has 7 heteroatoms. The number of imidazole rings is 1. The molecule has 0 bridgehead atoms. The highest BCUT2D eigenvalue weighted by Gasteiger charge is 2.27. The molecule has 1 aromatic carbocycles. The van der Waals surface area contributed by atoms with Crippen molar-refractivity contribution < 1.29 is 9.53 Å². The lowest BCUT2D eigenvalue weighted by Crippen LogP contribution is -2.45. The number of fused-ring (bicyclic) bond motifs is 1. The summed E-state index contributed by atoms with van der Waals surface area (Å²) >= 11 is 0. The van der Waals surface area contributed by atoms with Gasteiger partial charge in [0, 0.05) is 12.1 Å². The van der Waals surface area contributed by atoms with Crippen LogP contribution in [0.2, 0.25) is 0 Å². The van der Waals surface area contributed by atoms with Gasteiger partial charge in [0.2, 0.25) is 0 Å². The number of rotatable bonds is 9. The van der Waals surface area contributed by atoms with Crippen LogP contribution in [0.25, 0.3) is 22.6 Å². The molecule has 170 valence electrons. The van der Waals surface area contributed by atoms with Gasteiger partial charge in [-0.3, -0.25) is 4.79 Å². The Morgan fingerprint density at radius 3 is 2.91 bits per heavy atom. The molecule has 3 atom stereocenters. The molecule has 1 fully saturated rings. The standard InChI is InChI=1S/C25H33N5O2/c1-3-8-20(32-25(31)21-15-18(2)12-13-27-21)11-7-14-30-22-16-26-17-28-23(22)29-24(30)19-9-5-4-6-10-19/h4-6,9-10,16-18,20-21,27H,3,7-8,11-15H2,1-2H3/t18?,20?,21-/m0/s1. The number of aromatic nitrogens is 4. The van der Waals surface area contributed by atoms with Crippen molar-refractivity contribution in [3.8, 4) is 11.4 Å². The van der Waals surface area contributed by atoms with E-state index in [-0.39, 0.29) is 18.1 Å². The number of benzene rings is 1. The van der Waals surface area contributed by atoms with Crippen molar-refractivity contribution in [2.24, 2.45) is 5.92 Å². The molecule has 2 unspecified atom stereocenters. The van der Waals surface area contributed by atoms with Crippen molar-refractivity contribution in [3.63, 3.8) is 0 Å². The van der Waals surface area contributed by atoms with E-state index in [1.54, 1.807) is 0 Å². The number of nitrogens with zero attached hydrogens (tertiary/aromatic N) is 4. The van der Waals surface area contributed by atoms with Crippen LogP contribution in [-0.2, 0) is 16.1 Å². The minimum absolute atomic E-state index is 0.0576. The first-order valence-electron chi connectivity index (χ1n) is 11.8. The molecule has 0 aliphatic carbocycles. The molecule has 1 N–H and O–H groups in total. The van der Waals surface area contributed by atoms with Gasteiger partial charge in [-0.15, -0.1) is 0 Å². The first kappa shape index (κ1) is 22.4. The summed E-state index contributed by atoms with van der Waals surface area (Å²) in [4.78, 5) is 26.0. The summed E-state index contributed by atoms with van der Waals surface area (Å²) in [5.74, 6) is 1.36. The van der Waals surface area contributed by atoms with Gasteiger partial charge >= 0.3 is 5.97 Å². The molecule has 3 heterocycles. The Morgan fingerprint density at radius 1 is 1.28 bits per heavy atom. The van der Waals surface area contributed by atoms with Gasteiger partial charge in [-0.2, -0.15) is 0 Å². The maximum Gasteiger partial charge on any atom is 0.323 e. The number of piperidine rings is 1. The van der Waals surface area contributed by atoms with Crippen LogP contribution in [0, 0.1) is 5.92 Å². The van der Waals surface area contributed by atoms with Crippen molar-refractivity contribution in [2.45, 2.75) is 71.1 Å². The van der Waals surface area contributed by atoms with Crippen LogP contribution in [0.15, 0.2) is 42.9 Å². The number of esters is 1. The van der Waals surface area contributed by atoms with Crippen molar-refractivity contribution in [1.29, 1.82) is 0 Å². The van der Waals surface area contributed by atoms with Gasteiger partial charge in [0.1, 0.15) is 29.8 Å². The summed E-state index contributed by atoms with van der Waals surface area (Å²) in [5.41, 5.74) is 2.68. The third-order valence-corrected chi connectivity index (χ3v) is 6.21. The fourth-order valence-electron chi connectivity index (χ4n) is 4.50. The quantitative estimate of drug-likeness (QED) is 0.503. The highest BCUT2D eigenvalue weighted by molar-refractivity contribution is 5.76. The van der Waals surface area contributed by atoms with Crippen LogP contribution in [0.5, 0.6) is 0 Å².